The smallest absolute Gasteiger partial charge is 0.0522 e. The standard InChI is InChI=1S/C16H22N2O/c17-12-1-2-13-14(11-9-19-10-11)8-16(15(13)7-12)3-5-18-6-4-16/h1-2,7,11,14,18H,3-6,8-10,17H2. The molecule has 0 radical (unpaired) electrons. The van der Waals surface area contributed by atoms with E-state index in [1.807, 2.05) is 0 Å². The molecule has 1 atom stereocenters. The van der Waals surface area contributed by atoms with E-state index in [2.05, 4.69) is 23.5 Å². The van der Waals surface area contributed by atoms with Gasteiger partial charge in [0.1, 0.15) is 0 Å². The Bertz CT molecular complexity index is 490. The molecule has 2 saturated heterocycles. The second-order valence-electron chi connectivity index (χ2n) is 6.49. The third kappa shape index (κ3) is 1.72. The van der Waals surface area contributed by atoms with Crippen molar-refractivity contribution in [3.8, 4) is 0 Å². The van der Waals surface area contributed by atoms with Gasteiger partial charge in [-0.15, -0.1) is 0 Å². The fraction of sp³-hybridized carbons (Fsp3) is 0.625. The van der Waals surface area contributed by atoms with Gasteiger partial charge in [0, 0.05) is 11.6 Å². The molecule has 1 aliphatic carbocycles. The lowest BCUT2D eigenvalue weighted by Crippen LogP contribution is -2.39. The molecule has 3 nitrogen and oxygen atoms in total. The van der Waals surface area contributed by atoms with Crippen LogP contribution in [0.15, 0.2) is 18.2 Å². The molecule has 1 aromatic carbocycles. The van der Waals surface area contributed by atoms with E-state index in [1.165, 1.54) is 19.3 Å². The molecule has 1 unspecified atom stereocenters. The van der Waals surface area contributed by atoms with Crippen molar-refractivity contribution < 1.29 is 4.74 Å². The Labute approximate surface area is 114 Å². The Morgan fingerprint density at radius 1 is 1.21 bits per heavy atom. The molecule has 0 amide bonds. The van der Waals surface area contributed by atoms with E-state index in [0.29, 0.717) is 11.3 Å². The maximum Gasteiger partial charge on any atom is 0.0522 e. The van der Waals surface area contributed by atoms with Crippen molar-refractivity contribution in [1.82, 2.24) is 5.32 Å². The number of nitrogen functional groups attached to an aromatic ring is 1. The number of nitrogens with two attached hydrogens (primary N) is 1. The summed E-state index contributed by atoms with van der Waals surface area (Å²) in [5.41, 5.74) is 10.5. The summed E-state index contributed by atoms with van der Waals surface area (Å²) in [6, 6.07) is 6.61. The highest BCUT2D eigenvalue weighted by molar-refractivity contribution is 5.52. The minimum absolute atomic E-state index is 0.385. The highest BCUT2D eigenvalue weighted by Gasteiger charge is 2.47. The first-order valence-electron chi connectivity index (χ1n) is 7.47. The number of piperidine rings is 1. The summed E-state index contributed by atoms with van der Waals surface area (Å²) in [7, 11) is 0. The van der Waals surface area contributed by atoms with Crippen LogP contribution in [0.1, 0.15) is 36.3 Å². The van der Waals surface area contributed by atoms with Crippen LogP contribution in [0, 0.1) is 5.92 Å². The minimum Gasteiger partial charge on any atom is -0.399 e. The van der Waals surface area contributed by atoms with Gasteiger partial charge in [0.2, 0.25) is 0 Å². The second kappa shape index (κ2) is 4.22. The molecule has 0 saturated carbocycles. The average Bonchev–Trinajstić information content (AvgIpc) is 2.63. The van der Waals surface area contributed by atoms with Crippen molar-refractivity contribution in [2.75, 3.05) is 32.0 Å². The van der Waals surface area contributed by atoms with Crippen LogP contribution in [0.3, 0.4) is 0 Å². The van der Waals surface area contributed by atoms with E-state index in [9.17, 15) is 0 Å². The topological polar surface area (TPSA) is 47.3 Å². The van der Waals surface area contributed by atoms with Crippen LogP contribution < -0.4 is 11.1 Å². The van der Waals surface area contributed by atoms with Crippen LogP contribution in [0.4, 0.5) is 5.69 Å². The van der Waals surface area contributed by atoms with Crippen LogP contribution in [-0.4, -0.2) is 26.3 Å². The summed E-state index contributed by atoms with van der Waals surface area (Å²) in [5.74, 6) is 1.43. The number of nitrogens with one attached hydrogen (secondary N) is 1. The van der Waals surface area contributed by atoms with Gasteiger partial charge in [0.05, 0.1) is 13.2 Å². The van der Waals surface area contributed by atoms with Crippen LogP contribution in [-0.2, 0) is 10.2 Å². The number of hydrogen-bond donors (Lipinski definition) is 2. The molecule has 1 aromatic rings. The summed E-state index contributed by atoms with van der Waals surface area (Å²) < 4.78 is 5.42. The first kappa shape index (κ1) is 11.7. The van der Waals surface area contributed by atoms with Crippen LogP contribution in [0.25, 0.3) is 0 Å². The van der Waals surface area contributed by atoms with Crippen molar-refractivity contribution in [3.63, 3.8) is 0 Å². The molecule has 0 bridgehead atoms. The monoisotopic (exact) mass is 258 g/mol. The maximum absolute atomic E-state index is 6.05. The predicted octanol–water partition coefficient (Wildman–Crippen LogP) is 2.02. The van der Waals surface area contributed by atoms with Crippen molar-refractivity contribution in [2.45, 2.75) is 30.6 Å². The number of rotatable bonds is 1. The van der Waals surface area contributed by atoms with Gasteiger partial charge in [-0.3, -0.25) is 0 Å². The summed E-state index contributed by atoms with van der Waals surface area (Å²) in [4.78, 5) is 0. The molecular formula is C16H22N2O. The van der Waals surface area contributed by atoms with Crippen molar-refractivity contribution in [2.24, 2.45) is 5.92 Å². The van der Waals surface area contributed by atoms with E-state index in [1.54, 1.807) is 11.1 Å². The molecule has 0 aromatic heterocycles. The van der Waals surface area contributed by atoms with Gasteiger partial charge in [0.25, 0.3) is 0 Å². The van der Waals surface area contributed by atoms with E-state index in [0.717, 1.165) is 37.9 Å². The number of ether oxygens (including phenoxy) is 1. The quantitative estimate of drug-likeness (QED) is 0.758. The Hall–Kier alpha value is -1.06. The molecule has 4 rings (SSSR count). The van der Waals surface area contributed by atoms with Crippen molar-refractivity contribution >= 4 is 5.69 Å². The molecule has 2 fully saturated rings. The molecule has 2 aliphatic heterocycles. The van der Waals surface area contributed by atoms with Gasteiger partial charge in [-0.05, 0) is 66.9 Å². The third-order valence-corrected chi connectivity index (χ3v) is 5.45. The van der Waals surface area contributed by atoms with Crippen LogP contribution in [0.5, 0.6) is 0 Å². The molecule has 19 heavy (non-hydrogen) atoms. The normalized spacial score (nSPS) is 29.2. The van der Waals surface area contributed by atoms with E-state index < -0.39 is 0 Å². The Kier molecular flexibility index (Phi) is 2.61. The van der Waals surface area contributed by atoms with Gasteiger partial charge in [-0.2, -0.15) is 0 Å². The van der Waals surface area contributed by atoms with Crippen molar-refractivity contribution in [1.29, 1.82) is 0 Å². The molecule has 102 valence electrons. The fourth-order valence-corrected chi connectivity index (χ4v) is 4.28. The number of benzene rings is 1. The van der Waals surface area contributed by atoms with E-state index in [4.69, 9.17) is 10.5 Å². The van der Waals surface area contributed by atoms with E-state index >= 15 is 0 Å². The summed E-state index contributed by atoms with van der Waals surface area (Å²) in [6.45, 7) is 4.18. The van der Waals surface area contributed by atoms with Gasteiger partial charge >= 0.3 is 0 Å². The highest BCUT2D eigenvalue weighted by atomic mass is 16.5. The first-order valence-corrected chi connectivity index (χ1v) is 7.47. The van der Waals surface area contributed by atoms with Crippen molar-refractivity contribution in [3.05, 3.63) is 29.3 Å². The largest absolute Gasteiger partial charge is 0.399 e. The molecular weight excluding hydrogens is 236 g/mol. The average molecular weight is 258 g/mol. The lowest BCUT2D eigenvalue weighted by atomic mass is 9.73. The predicted molar refractivity (Wildman–Crippen MR) is 76.3 cm³/mol. The van der Waals surface area contributed by atoms with Gasteiger partial charge in [-0.25, -0.2) is 0 Å². The zero-order valence-corrected chi connectivity index (χ0v) is 11.3. The summed E-state index contributed by atoms with van der Waals surface area (Å²) >= 11 is 0. The first-order chi connectivity index (χ1) is 9.28. The lowest BCUT2D eigenvalue weighted by molar-refractivity contribution is -0.0472. The molecule has 3 N–H and O–H groups in total. The van der Waals surface area contributed by atoms with Crippen LogP contribution in [0.2, 0.25) is 0 Å². The summed E-state index contributed by atoms with van der Waals surface area (Å²) in [6.07, 6.45) is 3.82. The molecule has 3 heteroatoms. The highest BCUT2D eigenvalue weighted by Crippen LogP contribution is 2.54. The number of hydrogen-bond acceptors (Lipinski definition) is 3. The SMILES string of the molecule is Nc1ccc2c(c1)C1(CCNCC1)CC2C1COC1. The Morgan fingerprint density at radius 2 is 2.00 bits per heavy atom. The lowest BCUT2D eigenvalue weighted by Gasteiger charge is -2.37. The molecule has 3 aliphatic rings. The fourth-order valence-electron chi connectivity index (χ4n) is 4.28. The summed E-state index contributed by atoms with van der Waals surface area (Å²) in [5, 5.41) is 3.50. The number of anilines is 1. The van der Waals surface area contributed by atoms with Gasteiger partial charge in [0.15, 0.2) is 0 Å². The van der Waals surface area contributed by atoms with E-state index in [-0.39, 0.29) is 0 Å². The Morgan fingerprint density at radius 3 is 2.68 bits per heavy atom. The number of fused-ring (bicyclic) bond motifs is 2. The maximum atomic E-state index is 6.05. The van der Waals surface area contributed by atoms with Crippen LogP contribution >= 0.6 is 0 Å². The zero-order chi connectivity index (χ0) is 12.9. The zero-order valence-electron chi connectivity index (χ0n) is 11.3. The van der Waals surface area contributed by atoms with Gasteiger partial charge < -0.3 is 15.8 Å². The minimum atomic E-state index is 0.385. The Balaban J connectivity index is 1.77. The molecule has 1 spiro atoms. The third-order valence-electron chi connectivity index (χ3n) is 5.45. The molecule has 2 heterocycles. The van der Waals surface area contributed by atoms with Gasteiger partial charge in [-0.1, -0.05) is 6.07 Å². The second-order valence-corrected chi connectivity index (χ2v) is 6.49.